The molecule has 0 bridgehead atoms. The number of rotatable bonds is 2. The first-order chi connectivity index (χ1) is 7.22. The van der Waals surface area contributed by atoms with Crippen LogP contribution in [0.3, 0.4) is 0 Å². The van der Waals surface area contributed by atoms with Gasteiger partial charge in [0.25, 0.3) is 0 Å². The molecule has 4 heteroatoms. The number of methoxy groups -OCH3 is 1. The lowest BCUT2D eigenvalue weighted by molar-refractivity contribution is 0.0698. The molecule has 1 heterocycles. The number of carbonyl (C=O) groups is 1. The van der Waals surface area contributed by atoms with Crippen LogP contribution in [0.1, 0.15) is 10.4 Å². The van der Waals surface area contributed by atoms with Gasteiger partial charge in [-0.25, -0.2) is 4.79 Å². The summed E-state index contributed by atoms with van der Waals surface area (Å²) < 4.78 is 5.03. The number of hydrogen-bond acceptors (Lipinski definition) is 3. The quantitative estimate of drug-likeness (QED) is 0.810. The van der Waals surface area contributed by atoms with Crippen molar-refractivity contribution in [2.45, 2.75) is 0 Å². The zero-order valence-electron chi connectivity index (χ0n) is 8.10. The van der Waals surface area contributed by atoms with E-state index in [0.29, 0.717) is 11.1 Å². The maximum absolute atomic E-state index is 11.0. The fourth-order valence-electron chi connectivity index (χ4n) is 1.47. The van der Waals surface area contributed by atoms with Crippen molar-refractivity contribution in [3.8, 4) is 5.75 Å². The highest BCUT2D eigenvalue weighted by atomic mass is 16.5. The second-order valence-corrected chi connectivity index (χ2v) is 3.08. The van der Waals surface area contributed by atoms with Crippen LogP contribution in [-0.4, -0.2) is 23.2 Å². The number of fused-ring (bicyclic) bond motifs is 1. The third-order valence-corrected chi connectivity index (χ3v) is 2.20. The van der Waals surface area contributed by atoms with Crippen LogP contribution >= 0.6 is 0 Å². The molecule has 1 aromatic heterocycles. The molecule has 15 heavy (non-hydrogen) atoms. The largest absolute Gasteiger partial charge is 0.497 e. The van der Waals surface area contributed by atoms with Crippen molar-refractivity contribution >= 4 is 16.7 Å². The normalized spacial score (nSPS) is 10.2. The molecule has 0 aliphatic heterocycles. The zero-order chi connectivity index (χ0) is 10.8. The summed E-state index contributed by atoms with van der Waals surface area (Å²) in [7, 11) is 1.51. The van der Waals surface area contributed by atoms with Crippen molar-refractivity contribution in [1.82, 2.24) is 4.98 Å². The molecule has 2 rings (SSSR count). The summed E-state index contributed by atoms with van der Waals surface area (Å²) in [5, 5.41) is 10.4. The van der Waals surface area contributed by atoms with E-state index in [9.17, 15) is 4.79 Å². The third kappa shape index (κ3) is 1.61. The van der Waals surface area contributed by atoms with Crippen LogP contribution in [0, 0.1) is 0 Å². The molecule has 0 amide bonds. The Kier molecular flexibility index (Phi) is 2.25. The summed E-state index contributed by atoms with van der Waals surface area (Å²) in [4.78, 5) is 14.9. The van der Waals surface area contributed by atoms with Crippen molar-refractivity contribution in [3.05, 3.63) is 36.2 Å². The second kappa shape index (κ2) is 3.57. The summed E-state index contributed by atoms with van der Waals surface area (Å²) in [6.07, 6.45) is 3.16. The first-order valence-corrected chi connectivity index (χ1v) is 4.37. The van der Waals surface area contributed by atoms with E-state index in [1.165, 1.54) is 19.4 Å². The molecular formula is C11H9NO3. The van der Waals surface area contributed by atoms with Gasteiger partial charge in [0.15, 0.2) is 0 Å². The van der Waals surface area contributed by atoms with E-state index >= 15 is 0 Å². The molecule has 1 N–H and O–H groups in total. The van der Waals surface area contributed by atoms with Gasteiger partial charge in [-0.1, -0.05) is 0 Å². The van der Waals surface area contributed by atoms with E-state index in [0.717, 1.165) is 5.39 Å². The molecule has 0 saturated carbocycles. The monoisotopic (exact) mass is 203 g/mol. The number of ether oxygens (including phenoxy) is 1. The summed E-state index contributed by atoms with van der Waals surface area (Å²) in [5.41, 5.74) is 0.206. The third-order valence-electron chi connectivity index (χ3n) is 2.20. The van der Waals surface area contributed by atoms with Crippen molar-refractivity contribution in [2.24, 2.45) is 0 Å². The van der Waals surface area contributed by atoms with E-state index < -0.39 is 5.97 Å². The van der Waals surface area contributed by atoms with E-state index in [-0.39, 0.29) is 5.56 Å². The van der Waals surface area contributed by atoms with Gasteiger partial charge in [0, 0.05) is 17.8 Å². The van der Waals surface area contributed by atoms with Crippen molar-refractivity contribution in [3.63, 3.8) is 0 Å². The van der Waals surface area contributed by atoms with Gasteiger partial charge in [0.05, 0.1) is 12.7 Å². The minimum Gasteiger partial charge on any atom is -0.497 e. The molecular weight excluding hydrogens is 194 g/mol. The minimum atomic E-state index is -0.980. The SMILES string of the molecule is COc1cc(C(=O)O)c2cnccc2c1. The highest BCUT2D eigenvalue weighted by molar-refractivity contribution is 6.04. The first-order valence-electron chi connectivity index (χ1n) is 4.37. The average molecular weight is 203 g/mol. The van der Waals surface area contributed by atoms with Gasteiger partial charge in [-0.05, 0) is 23.6 Å². The van der Waals surface area contributed by atoms with Gasteiger partial charge in [-0.2, -0.15) is 0 Å². The lowest BCUT2D eigenvalue weighted by Crippen LogP contribution is -1.98. The Morgan fingerprint density at radius 1 is 1.47 bits per heavy atom. The molecule has 0 unspecified atom stereocenters. The second-order valence-electron chi connectivity index (χ2n) is 3.08. The Morgan fingerprint density at radius 2 is 2.27 bits per heavy atom. The molecule has 0 saturated heterocycles. The Balaban J connectivity index is 2.80. The van der Waals surface area contributed by atoms with Gasteiger partial charge < -0.3 is 9.84 Å². The fourth-order valence-corrected chi connectivity index (χ4v) is 1.47. The average Bonchev–Trinajstić information content (AvgIpc) is 2.27. The van der Waals surface area contributed by atoms with E-state index in [1.807, 2.05) is 0 Å². The fraction of sp³-hybridized carbons (Fsp3) is 0.0909. The lowest BCUT2D eigenvalue weighted by atomic mass is 10.1. The van der Waals surface area contributed by atoms with Gasteiger partial charge in [0.1, 0.15) is 5.75 Å². The molecule has 0 spiro atoms. The highest BCUT2D eigenvalue weighted by Crippen LogP contribution is 2.24. The number of nitrogens with zero attached hydrogens (tertiary/aromatic N) is 1. The topological polar surface area (TPSA) is 59.4 Å². The summed E-state index contributed by atoms with van der Waals surface area (Å²) in [6.45, 7) is 0. The Bertz CT molecular complexity index is 522. The van der Waals surface area contributed by atoms with Gasteiger partial charge in [0.2, 0.25) is 0 Å². The smallest absolute Gasteiger partial charge is 0.336 e. The van der Waals surface area contributed by atoms with Crippen LogP contribution in [0.2, 0.25) is 0 Å². The lowest BCUT2D eigenvalue weighted by Gasteiger charge is -2.05. The Labute approximate surface area is 86.1 Å². The first kappa shape index (κ1) is 9.45. The molecule has 0 aliphatic carbocycles. The van der Waals surface area contributed by atoms with Crippen LogP contribution in [0.4, 0.5) is 0 Å². The van der Waals surface area contributed by atoms with Crippen molar-refractivity contribution < 1.29 is 14.6 Å². The molecule has 0 atom stereocenters. The standard InChI is InChI=1S/C11H9NO3/c1-15-8-4-7-2-3-12-6-10(7)9(5-8)11(13)14/h2-6H,1H3,(H,13,14). The maximum atomic E-state index is 11.0. The summed E-state index contributed by atoms with van der Waals surface area (Å²) in [6, 6.07) is 5.03. The number of aromatic nitrogens is 1. The molecule has 76 valence electrons. The van der Waals surface area contributed by atoms with Gasteiger partial charge in [-0.3, -0.25) is 4.98 Å². The number of aromatic carboxylic acids is 1. The number of carboxylic acid groups (broad SMARTS) is 1. The van der Waals surface area contributed by atoms with Crippen molar-refractivity contribution in [1.29, 1.82) is 0 Å². The molecule has 1 aromatic carbocycles. The van der Waals surface area contributed by atoms with Crippen LogP contribution in [-0.2, 0) is 0 Å². The Morgan fingerprint density at radius 3 is 2.93 bits per heavy atom. The predicted octanol–water partition coefficient (Wildman–Crippen LogP) is 1.94. The molecule has 0 radical (unpaired) electrons. The van der Waals surface area contributed by atoms with Crippen LogP contribution in [0.25, 0.3) is 10.8 Å². The van der Waals surface area contributed by atoms with Crippen molar-refractivity contribution in [2.75, 3.05) is 7.11 Å². The zero-order valence-corrected chi connectivity index (χ0v) is 8.10. The van der Waals surface area contributed by atoms with E-state index in [1.54, 1.807) is 18.3 Å². The maximum Gasteiger partial charge on any atom is 0.336 e. The van der Waals surface area contributed by atoms with Gasteiger partial charge in [-0.15, -0.1) is 0 Å². The van der Waals surface area contributed by atoms with E-state index in [4.69, 9.17) is 9.84 Å². The predicted molar refractivity (Wildman–Crippen MR) is 55.3 cm³/mol. The molecule has 0 aliphatic rings. The number of pyridine rings is 1. The number of carboxylic acids is 1. The molecule has 0 fully saturated rings. The number of benzene rings is 1. The van der Waals surface area contributed by atoms with Gasteiger partial charge >= 0.3 is 5.97 Å². The number of hydrogen-bond donors (Lipinski definition) is 1. The molecule has 4 nitrogen and oxygen atoms in total. The highest BCUT2D eigenvalue weighted by Gasteiger charge is 2.10. The van der Waals surface area contributed by atoms with Crippen LogP contribution in [0.5, 0.6) is 5.75 Å². The Hall–Kier alpha value is -2.10. The van der Waals surface area contributed by atoms with Crippen LogP contribution < -0.4 is 4.74 Å². The molecule has 2 aromatic rings. The van der Waals surface area contributed by atoms with E-state index in [2.05, 4.69) is 4.98 Å². The van der Waals surface area contributed by atoms with Crippen LogP contribution in [0.15, 0.2) is 30.6 Å². The summed E-state index contributed by atoms with van der Waals surface area (Å²) in [5.74, 6) is -0.446. The summed E-state index contributed by atoms with van der Waals surface area (Å²) >= 11 is 0. The minimum absolute atomic E-state index is 0.206.